The number of ether oxygens (including phenoxy) is 2. The van der Waals surface area contributed by atoms with E-state index in [2.05, 4.69) is 26.0 Å². The SMILES string of the molecule is COc1cc(S(=O)(=O)CN(Cc2ccc3c(c2)C=CC(C)(C)O3)CC(C)C)ccc1C. The van der Waals surface area contributed by atoms with Crippen molar-refractivity contribution in [3.05, 3.63) is 59.2 Å². The van der Waals surface area contributed by atoms with E-state index in [9.17, 15) is 8.42 Å². The number of fused-ring (bicyclic) bond motifs is 1. The van der Waals surface area contributed by atoms with E-state index < -0.39 is 9.84 Å². The molecular formula is C25H33NO4S. The quantitative estimate of drug-likeness (QED) is 0.570. The van der Waals surface area contributed by atoms with Crippen LogP contribution in [0.15, 0.2) is 47.4 Å². The summed E-state index contributed by atoms with van der Waals surface area (Å²) < 4.78 is 37.7. The molecule has 0 amide bonds. The van der Waals surface area contributed by atoms with Gasteiger partial charge in [0.05, 0.1) is 12.0 Å². The summed E-state index contributed by atoms with van der Waals surface area (Å²) in [7, 11) is -1.95. The van der Waals surface area contributed by atoms with Crippen LogP contribution in [0.3, 0.4) is 0 Å². The molecule has 0 spiro atoms. The second kappa shape index (κ2) is 9.05. The average molecular weight is 444 g/mol. The van der Waals surface area contributed by atoms with Gasteiger partial charge in [0.1, 0.15) is 23.0 Å². The highest BCUT2D eigenvalue weighted by Gasteiger charge is 2.24. The Balaban J connectivity index is 1.83. The van der Waals surface area contributed by atoms with Crippen LogP contribution in [0.25, 0.3) is 6.08 Å². The van der Waals surface area contributed by atoms with E-state index in [1.165, 1.54) is 0 Å². The zero-order valence-electron chi connectivity index (χ0n) is 19.3. The van der Waals surface area contributed by atoms with Crippen LogP contribution in [0.2, 0.25) is 0 Å². The normalized spacial score (nSPS) is 15.1. The largest absolute Gasteiger partial charge is 0.496 e. The molecule has 168 valence electrons. The smallest absolute Gasteiger partial charge is 0.191 e. The first-order valence-corrected chi connectivity index (χ1v) is 12.3. The maximum Gasteiger partial charge on any atom is 0.191 e. The Morgan fingerprint density at radius 2 is 1.87 bits per heavy atom. The van der Waals surface area contributed by atoms with Gasteiger partial charge in [-0.3, -0.25) is 4.90 Å². The van der Waals surface area contributed by atoms with Crippen LogP contribution in [0.4, 0.5) is 0 Å². The van der Waals surface area contributed by atoms with Crippen LogP contribution in [0, 0.1) is 12.8 Å². The van der Waals surface area contributed by atoms with Crippen LogP contribution >= 0.6 is 0 Å². The van der Waals surface area contributed by atoms with Crippen LogP contribution < -0.4 is 9.47 Å². The molecular weight excluding hydrogens is 410 g/mol. The fourth-order valence-electron chi connectivity index (χ4n) is 3.77. The number of rotatable bonds is 8. The van der Waals surface area contributed by atoms with Gasteiger partial charge in [-0.1, -0.05) is 32.1 Å². The molecule has 6 heteroatoms. The van der Waals surface area contributed by atoms with E-state index in [0.29, 0.717) is 24.8 Å². The molecule has 0 bridgehead atoms. The fraction of sp³-hybridized carbons (Fsp3) is 0.440. The van der Waals surface area contributed by atoms with E-state index in [1.807, 2.05) is 43.9 Å². The summed E-state index contributed by atoms with van der Waals surface area (Å²) in [4.78, 5) is 2.28. The monoisotopic (exact) mass is 443 g/mol. The standard InChI is InChI=1S/C25H33NO4S/c1-18(2)15-26(17-31(27,28)22-9-7-19(3)24(14-22)29-6)16-20-8-10-23-21(13-20)11-12-25(4,5)30-23/h7-14,18H,15-17H2,1-6H3. The molecule has 2 aromatic rings. The molecule has 3 rings (SSSR count). The summed E-state index contributed by atoms with van der Waals surface area (Å²) in [5, 5.41) is 0. The summed E-state index contributed by atoms with van der Waals surface area (Å²) in [6.07, 6.45) is 4.12. The van der Waals surface area contributed by atoms with Crippen molar-refractivity contribution >= 4 is 15.9 Å². The van der Waals surface area contributed by atoms with Crippen molar-refractivity contribution < 1.29 is 17.9 Å². The Labute approximate surface area is 186 Å². The third-order valence-electron chi connectivity index (χ3n) is 5.23. The summed E-state index contributed by atoms with van der Waals surface area (Å²) in [6, 6.07) is 11.1. The Bertz CT molecular complexity index is 1070. The minimum atomic E-state index is -3.50. The lowest BCUT2D eigenvalue weighted by molar-refractivity contribution is 0.159. The van der Waals surface area contributed by atoms with Crippen molar-refractivity contribution in [3.8, 4) is 11.5 Å². The van der Waals surface area contributed by atoms with Gasteiger partial charge in [-0.05, 0) is 68.2 Å². The number of methoxy groups -OCH3 is 1. The molecule has 31 heavy (non-hydrogen) atoms. The molecule has 1 aliphatic heterocycles. The predicted octanol–water partition coefficient (Wildman–Crippen LogP) is 5.08. The van der Waals surface area contributed by atoms with Gasteiger partial charge in [0, 0.05) is 18.7 Å². The highest BCUT2D eigenvalue weighted by Crippen LogP contribution is 2.32. The van der Waals surface area contributed by atoms with E-state index >= 15 is 0 Å². The van der Waals surface area contributed by atoms with E-state index in [4.69, 9.17) is 9.47 Å². The minimum Gasteiger partial charge on any atom is -0.496 e. The molecule has 0 atom stereocenters. The number of aryl methyl sites for hydroxylation is 1. The molecule has 0 radical (unpaired) electrons. The second-order valence-electron chi connectivity index (χ2n) is 9.19. The van der Waals surface area contributed by atoms with Crippen LogP contribution in [-0.2, 0) is 16.4 Å². The van der Waals surface area contributed by atoms with Gasteiger partial charge in [0.25, 0.3) is 0 Å². The summed E-state index contributed by atoms with van der Waals surface area (Å²) in [5.41, 5.74) is 2.67. The predicted molar refractivity (Wildman–Crippen MR) is 125 cm³/mol. The zero-order valence-corrected chi connectivity index (χ0v) is 20.1. The summed E-state index contributed by atoms with van der Waals surface area (Å²) in [5.74, 6) is 1.73. The maximum atomic E-state index is 13.2. The molecule has 5 nitrogen and oxygen atoms in total. The third kappa shape index (κ3) is 5.89. The van der Waals surface area contributed by atoms with E-state index in [-0.39, 0.29) is 16.4 Å². The van der Waals surface area contributed by atoms with Gasteiger partial charge in [0.2, 0.25) is 0 Å². The first-order chi connectivity index (χ1) is 14.5. The topological polar surface area (TPSA) is 55.8 Å². The molecule has 0 aliphatic carbocycles. The van der Waals surface area contributed by atoms with Crippen LogP contribution in [0.5, 0.6) is 11.5 Å². The van der Waals surface area contributed by atoms with E-state index in [1.54, 1.807) is 25.3 Å². The van der Waals surface area contributed by atoms with Crippen LogP contribution in [-0.4, -0.2) is 38.5 Å². The average Bonchev–Trinajstić information content (AvgIpc) is 2.67. The lowest BCUT2D eigenvalue weighted by atomic mass is 10.0. The minimum absolute atomic E-state index is 0.0478. The molecule has 0 unspecified atom stereocenters. The number of nitrogens with zero attached hydrogens (tertiary/aromatic N) is 1. The van der Waals surface area contributed by atoms with Gasteiger partial charge in [-0.15, -0.1) is 0 Å². The Kier molecular flexibility index (Phi) is 6.82. The molecule has 0 fully saturated rings. The summed E-state index contributed by atoms with van der Waals surface area (Å²) in [6.45, 7) is 11.4. The highest BCUT2D eigenvalue weighted by molar-refractivity contribution is 7.91. The highest BCUT2D eigenvalue weighted by atomic mass is 32.2. The first kappa shape index (κ1) is 23.4. The van der Waals surface area contributed by atoms with Crippen molar-refractivity contribution in [3.63, 3.8) is 0 Å². The Hall–Kier alpha value is -2.31. The van der Waals surface area contributed by atoms with E-state index in [0.717, 1.165) is 22.4 Å². The molecule has 1 aliphatic rings. The zero-order chi connectivity index (χ0) is 22.8. The maximum absolute atomic E-state index is 13.2. The van der Waals surface area contributed by atoms with Gasteiger partial charge in [-0.2, -0.15) is 0 Å². The number of benzene rings is 2. The fourth-order valence-corrected chi connectivity index (χ4v) is 5.16. The van der Waals surface area contributed by atoms with Gasteiger partial charge in [-0.25, -0.2) is 8.42 Å². The van der Waals surface area contributed by atoms with Gasteiger partial charge >= 0.3 is 0 Å². The first-order valence-electron chi connectivity index (χ1n) is 10.6. The van der Waals surface area contributed by atoms with Gasteiger partial charge in [0.15, 0.2) is 9.84 Å². The van der Waals surface area contributed by atoms with Gasteiger partial charge < -0.3 is 9.47 Å². The van der Waals surface area contributed by atoms with Crippen molar-refractivity contribution in [2.45, 2.75) is 51.7 Å². The Morgan fingerprint density at radius 1 is 1.13 bits per heavy atom. The second-order valence-corrected chi connectivity index (χ2v) is 11.2. The van der Waals surface area contributed by atoms with Crippen molar-refractivity contribution in [2.24, 2.45) is 5.92 Å². The Morgan fingerprint density at radius 3 is 2.55 bits per heavy atom. The molecule has 0 aromatic heterocycles. The molecule has 2 aromatic carbocycles. The molecule has 1 heterocycles. The lowest BCUT2D eigenvalue weighted by Gasteiger charge is -2.29. The number of sulfone groups is 1. The van der Waals surface area contributed by atoms with Crippen molar-refractivity contribution in [1.29, 1.82) is 0 Å². The number of hydrogen-bond donors (Lipinski definition) is 0. The number of hydrogen-bond acceptors (Lipinski definition) is 5. The molecule has 0 N–H and O–H groups in total. The molecule has 0 saturated carbocycles. The third-order valence-corrected chi connectivity index (χ3v) is 6.91. The van der Waals surface area contributed by atoms with Crippen molar-refractivity contribution in [2.75, 3.05) is 19.5 Å². The van der Waals surface area contributed by atoms with Crippen LogP contribution in [0.1, 0.15) is 44.4 Å². The summed E-state index contributed by atoms with van der Waals surface area (Å²) >= 11 is 0. The molecule has 0 saturated heterocycles. The lowest BCUT2D eigenvalue weighted by Crippen LogP contribution is -2.33. The van der Waals surface area contributed by atoms with Crippen molar-refractivity contribution in [1.82, 2.24) is 4.90 Å².